The van der Waals surface area contributed by atoms with E-state index >= 15 is 0 Å². The molecule has 2 aromatic rings. The molecule has 0 bridgehead atoms. The van der Waals surface area contributed by atoms with Crippen molar-refractivity contribution in [3.05, 3.63) is 64.4 Å². The maximum atomic E-state index is 13.1. The van der Waals surface area contributed by atoms with Crippen LogP contribution in [0.4, 0.5) is 10.1 Å². The third-order valence-corrected chi connectivity index (χ3v) is 3.61. The number of anilines is 1. The number of benzene rings is 2. The van der Waals surface area contributed by atoms with Gasteiger partial charge in [0, 0.05) is 5.69 Å². The first kappa shape index (κ1) is 15.7. The van der Waals surface area contributed by atoms with E-state index in [1.807, 2.05) is 13.8 Å². The standard InChI is InChI=1S/C16H16ClFN2S/c1-10-3-5-12(6-4-10)11(2)19-16(21)20-13-7-8-15(18)14(17)9-13/h3-9,11H,1-2H3,(H2,19,20,21)/t11-/m0/s1. The van der Waals surface area contributed by atoms with Crippen LogP contribution in [0, 0.1) is 12.7 Å². The van der Waals surface area contributed by atoms with Crippen LogP contribution in [0.25, 0.3) is 0 Å². The number of halogens is 2. The van der Waals surface area contributed by atoms with Gasteiger partial charge >= 0.3 is 0 Å². The van der Waals surface area contributed by atoms with E-state index < -0.39 is 5.82 Å². The molecule has 0 heterocycles. The zero-order valence-corrected chi connectivity index (χ0v) is 13.4. The van der Waals surface area contributed by atoms with Crippen LogP contribution in [0.3, 0.4) is 0 Å². The molecule has 2 N–H and O–H groups in total. The molecule has 0 aliphatic rings. The van der Waals surface area contributed by atoms with E-state index in [1.54, 1.807) is 6.07 Å². The summed E-state index contributed by atoms with van der Waals surface area (Å²) in [6.07, 6.45) is 0. The van der Waals surface area contributed by atoms with Crippen LogP contribution in [0.15, 0.2) is 42.5 Å². The van der Waals surface area contributed by atoms with Crippen molar-refractivity contribution in [3.8, 4) is 0 Å². The van der Waals surface area contributed by atoms with E-state index in [9.17, 15) is 4.39 Å². The first-order valence-corrected chi connectivity index (χ1v) is 7.33. The zero-order chi connectivity index (χ0) is 15.4. The summed E-state index contributed by atoms with van der Waals surface area (Å²) in [5.74, 6) is -0.450. The second kappa shape index (κ2) is 6.87. The second-order valence-corrected chi connectivity index (χ2v) is 5.68. The molecular formula is C16H16ClFN2S. The molecule has 110 valence electrons. The summed E-state index contributed by atoms with van der Waals surface area (Å²) >= 11 is 11.0. The molecule has 0 spiro atoms. The van der Waals surface area contributed by atoms with Gasteiger partial charge in [-0.1, -0.05) is 41.4 Å². The highest BCUT2D eigenvalue weighted by Crippen LogP contribution is 2.19. The Kier molecular flexibility index (Phi) is 5.15. The average Bonchev–Trinajstić information content (AvgIpc) is 2.43. The van der Waals surface area contributed by atoms with Crippen molar-refractivity contribution in [2.75, 3.05) is 5.32 Å². The van der Waals surface area contributed by atoms with Gasteiger partial charge < -0.3 is 10.6 Å². The van der Waals surface area contributed by atoms with Crippen LogP contribution in [0.5, 0.6) is 0 Å². The number of aryl methyl sites for hydroxylation is 1. The second-order valence-electron chi connectivity index (χ2n) is 4.86. The van der Waals surface area contributed by atoms with Gasteiger partial charge in [0.25, 0.3) is 0 Å². The van der Waals surface area contributed by atoms with Crippen LogP contribution in [-0.4, -0.2) is 5.11 Å². The largest absolute Gasteiger partial charge is 0.356 e. The molecule has 0 saturated carbocycles. The summed E-state index contributed by atoms with van der Waals surface area (Å²) in [6.45, 7) is 4.07. The van der Waals surface area contributed by atoms with Crippen molar-refractivity contribution < 1.29 is 4.39 Å². The summed E-state index contributed by atoms with van der Waals surface area (Å²) in [6, 6.07) is 12.7. The lowest BCUT2D eigenvalue weighted by Crippen LogP contribution is -2.30. The van der Waals surface area contributed by atoms with Gasteiger partial charge in [-0.15, -0.1) is 0 Å². The Labute approximate surface area is 134 Å². The molecule has 0 saturated heterocycles. The molecule has 0 aromatic heterocycles. The molecule has 0 radical (unpaired) electrons. The fourth-order valence-corrected chi connectivity index (χ4v) is 2.35. The predicted octanol–water partition coefficient (Wildman–Crippen LogP) is 4.84. The number of thiocarbonyl (C=S) groups is 1. The Morgan fingerprint density at radius 3 is 2.48 bits per heavy atom. The molecule has 0 amide bonds. The molecule has 5 heteroatoms. The Hall–Kier alpha value is -1.65. The van der Waals surface area contributed by atoms with Crippen molar-refractivity contribution >= 4 is 34.6 Å². The molecule has 2 rings (SSSR count). The zero-order valence-electron chi connectivity index (χ0n) is 11.8. The minimum atomic E-state index is -0.450. The average molecular weight is 323 g/mol. The highest BCUT2D eigenvalue weighted by Gasteiger charge is 2.08. The summed E-state index contributed by atoms with van der Waals surface area (Å²) in [4.78, 5) is 0. The lowest BCUT2D eigenvalue weighted by atomic mass is 10.1. The highest BCUT2D eigenvalue weighted by atomic mass is 35.5. The molecule has 0 aliphatic heterocycles. The molecule has 21 heavy (non-hydrogen) atoms. The highest BCUT2D eigenvalue weighted by molar-refractivity contribution is 7.80. The fraction of sp³-hybridized carbons (Fsp3) is 0.188. The Bertz CT molecular complexity index is 643. The predicted molar refractivity (Wildman–Crippen MR) is 90.4 cm³/mol. The van der Waals surface area contributed by atoms with Crippen LogP contribution in [0.2, 0.25) is 5.02 Å². The van der Waals surface area contributed by atoms with Gasteiger partial charge in [0.05, 0.1) is 11.1 Å². The van der Waals surface area contributed by atoms with Crippen LogP contribution >= 0.6 is 23.8 Å². The number of rotatable bonds is 3. The first-order chi connectivity index (χ1) is 9.95. The van der Waals surface area contributed by atoms with Gasteiger partial charge in [0.2, 0.25) is 0 Å². The topological polar surface area (TPSA) is 24.1 Å². The number of nitrogens with one attached hydrogen (secondary N) is 2. The van der Waals surface area contributed by atoms with Gasteiger partial charge in [-0.25, -0.2) is 4.39 Å². The molecule has 2 aromatic carbocycles. The van der Waals surface area contributed by atoms with Crippen LogP contribution in [0.1, 0.15) is 24.1 Å². The van der Waals surface area contributed by atoms with E-state index in [4.69, 9.17) is 23.8 Å². The van der Waals surface area contributed by atoms with E-state index in [2.05, 4.69) is 34.9 Å². The van der Waals surface area contributed by atoms with Crippen LogP contribution < -0.4 is 10.6 Å². The van der Waals surface area contributed by atoms with E-state index in [-0.39, 0.29) is 11.1 Å². The monoisotopic (exact) mass is 322 g/mol. The lowest BCUT2D eigenvalue weighted by Gasteiger charge is -2.17. The number of hydrogen-bond donors (Lipinski definition) is 2. The molecular weight excluding hydrogens is 307 g/mol. The van der Waals surface area contributed by atoms with Gasteiger partial charge in [-0.2, -0.15) is 0 Å². The molecule has 1 atom stereocenters. The van der Waals surface area contributed by atoms with Crippen LogP contribution in [-0.2, 0) is 0 Å². The maximum Gasteiger partial charge on any atom is 0.171 e. The van der Waals surface area contributed by atoms with E-state index in [1.165, 1.54) is 17.7 Å². The number of hydrogen-bond acceptors (Lipinski definition) is 1. The van der Waals surface area contributed by atoms with Crippen molar-refractivity contribution in [2.24, 2.45) is 0 Å². The summed E-state index contributed by atoms with van der Waals surface area (Å²) in [7, 11) is 0. The summed E-state index contributed by atoms with van der Waals surface area (Å²) in [5.41, 5.74) is 3.00. The third kappa shape index (κ3) is 4.41. The lowest BCUT2D eigenvalue weighted by molar-refractivity contribution is 0.628. The van der Waals surface area contributed by atoms with Crippen molar-refractivity contribution in [2.45, 2.75) is 19.9 Å². The van der Waals surface area contributed by atoms with Gasteiger partial charge in [-0.05, 0) is 49.8 Å². The van der Waals surface area contributed by atoms with Crippen molar-refractivity contribution in [1.82, 2.24) is 5.32 Å². The quantitative estimate of drug-likeness (QED) is 0.791. The van der Waals surface area contributed by atoms with E-state index in [0.29, 0.717) is 10.8 Å². The summed E-state index contributed by atoms with van der Waals surface area (Å²) < 4.78 is 13.1. The minimum Gasteiger partial charge on any atom is -0.356 e. The smallest absolute Gasteiger partial charge is 0.171 e. The third-order valence-electron chi connectivity index (χ3n) is 3.10. The van der Waals surface area contributed by atoms with Gasteiger partial charge in [0.1, 0.15) is 5.82 Å². The molecule has 2 nitrogen and oxygen atoms in total. The van der Waals surface area contributed by atoms with Gasteiger partial charge in [-0.3, -0.25) is 0 Å². The minimum absolute atomic E-state index is 0.0642. The molecule has 0 unspecified atom stereocenters. The SMILES string of the molecule is Cc1ccc([C@H](C)NC(=S)Nc2ccc(F)c(Cl)c2)cc1. The van der Waals surface area contributed by atoms with E-state index in [0.717, 1.165) is 5.56 Å². The fourth-order valence-electron chi connectivity index (χ4n) is 1.88. The Balaban J connectivity index is 1.97. The molecule has 0 fully saturated rings. The maximum absolute atomic E-state index is 13.1. The Morgan fingerprint density at radius 1 is 1.19 bits per heavy atom. The van der Waals surface area contributed by atoms with Gasteiger partial charge in [0.15, 0.2) is 5.11 Å². The molecule has 0 aliphatic carbocycles. The first-order valence-electron chi connectivity index (χ1n) is 6.55. The Morgan fingerprint density at radius 2 is 1.86 bits per heavy atom. The normalized spacial score (nSPS) is 11.8. The van der Waals surface area contributed by atoms with Crippen molar-refractivity contribution in [1.29, 1.82) is 0 Å². The van der Waals surface area contributed by atoms with Crippen molar-refractivity contribution in [3.63, 3.8) is 0 Å². The summed E-state index contributed by atoms with van der Waals surface area (Å²) in [5, 5.41) is 6.70.